The summed E-state index contributed by atoms with van der Waals surface area (Å²) >= 11 is 1.35. The summed E-state index contributed by atoms with van der Waals surface area (Å²) in [5.41, 5.74) is 0.957. The van der Waals surface area contributed by atoms with Crippen LogP contribution in [0.4, 0.5) is 8.78 Å². The molecule has 92 valence electrons. The van der Waals surface area contributed by atoms with Crippen LogP contribution in [-0.4, -0.2) is 7.05 Å². The van der Waals surface area contributed by atoms with Gasteiger partial charge in [0.15, 0.2) is 0 Å². The number of aryl methyl sites for hydroxylation is 1. The maximum Gasteiger partial charge on any atom is 0.141 e. The maximum absolute atomic E-state index is 13.8. The third-order valence-electron chi connectivity index (χ3n) is 2.76. The molecule has 0 bridgehead atoms. The van der Waals surface area contributed by atoms with Crippen LogP contribution in [-0.2, 0) is 13.0 Å². The van der Waals surface area contributed by atoms with Crippen molar-refractivity contribution in [2.75, 3.05) is 7.05 Å². The van der Waals surface area contributed by atoms with Crippen molar-refractivity contribution in [3.05, 3.63) is 34.2 Å². The van der Waals surface area contributed by atoms with Crippen molar-refractivity contribution in [2.24, 2.45) is 0 Å². The first-order chi connectivity index (χ1) is 8.19. The lowest BCUT2D eigenvalue weighted by Gasteiger charge is -2.03. The average Bonchev–Trinajstić information content (AvgIpc) is 2.66. The molecule has 0 radical (unpaired) electrons. The van der Waals surface area contributed by atoms with Gasteiger partial charge in [-0.25, -0.2) is 8.78 Å². The largest absolute Gasteiger partial charge is 0.315 e. The van der Waals surface area contributed by atoms with Gasteiger partial charge in [-0.2, -0.15) is 0 Å². The molecule has 1 aromatic heterocycles. The number of nitrogens with one attached hydrogen (secondary N) is 1. The minimum Gasteiger partial charge on any atom is -0.315 e. The molecule has 0 aliphatic rings. The quantitative estimate of drug-likeness (QED) is 0.875. The fourth-order valence-electron chi connectivity index (χ4n) is 2.06. The van der Waals surface area contributed by atoms with E-state index in [4.69, 9.17) is 0 Å². The zero-order chi connectivity index (χ0) is 12.4. The monoisotopic (exact) mass is 255 g/mol. The van der Waals surface area contributed by atoms with Crippen LogP contribution >= 0.6 is 11.3 Å². The van der Waals surface area contributed by atoms with Gasteiger partial charge in [0.25, 0.3) is 0 Å². The molecule has 2 rings (SSSR count). The summed E-state index contributed by atoms with van der Waals surface area (Å²) in [7, 11) is 1.84. The Bertz CT molecular complexity index is 534. The molecule has 0 aliphatic heterocycles. The topological polar surface area (TPSA) is 12.0 Å². The van der Waals surface area contributed by atoms with Gasteiger partial charge in [-0.3, -0.25) is 0 Å². The summed E-state index contributed by atoms with van der Waals surface area (Å²) in [5.74, 6) is -0.644. The number of thiophene rings is 1. The minimum absolute atomic E-state index is 0.316. The van der Waals surface area contributed by atoms with Crippen molar-refractivity contribution >= 4 is 21.4 Å². The Morgan fingerprint density at radius 2 is 1.94 bits per heavy atom. The summed E-state index contributed by atoms with van der Waals surface area (Å²) < 4.78 is 27.9. The van der Waals surface area contributed by atoms with Crippen molar-refractivity contribution in [3.63, 3.8) is 0 Å². The molecule has 1 heterocycles. The van der Waals surface area contributed by atoms with Crippen LogP contribution in [0.25, 0.3) is 10.1 Å². The van der Waals surface area contributed by atoms with Crippen LogP contribution in [0.1, 0.15) is 23.8 Å². The van der Waals surface area contributed by atoms with Gasteiger partial charge in [-0.1, -0.05) is 13.3 Å². The third kappa shape index (κ3) is 2.19. The number of hydrogen-bond acceptors (Lipinski definition) is 2. The van der Waals surface area contributed by atoms with E-state index < -0.39 is 0 Å². The highest BCUT2D eigenvalue weighted by molar-refractivity contribution is 7.19. The van der Waals surface area contributed by atoms with Crippen molar-refractivity contribution < 1.29 is 8.78 Å². The Labute approximate surface area is 103 Å². The van der Waals surface area contributed by atoms with Crippen LogP contribution in [0.15, 0.2) is 12.1 Å². The lowest BCUT2D eigenvalue weighted by atomic mass is 10.1. The first-order valence-corrected chi connectivity index (χ1v) is 6.53. The van der Waals surface area contributed by atoms with Gasteiger partial charge < -0.3 is 5.32 Å². The molecule has 2 aromatic rings. The van der Waals surface area contributed by atoms with Crippen molar-refractivity contribution in [1.82, 2.24) is 5.32 Å². The summed E-state index contributed by atoms with van der Waals surface area (Å²) in [5, 5.41) is 3.52. The molecule has 0 saturated carbocycles. The number of hydrogen-bond donors (Lipinski definition) is 1. The van der Waals surface area contributed by atoms with E-state index in [1.54, 1.807) is 0 Å². The Kier molecular flexibility index (Phi) is 3.74. The zero-order valence-electron chi connectivity index (χ0n) is 9.94. The summed E-state index contributed by atoms with van der Waals surface area (Å²) in [6.07, 6.45) is 1.72. The smallest absolute Gasteiger partial charge is 0.141 e. The molecule has 0 aliphatic carbocycles. The molecule has 1 nitrogen and oxygen atoms in total. The molecule has 1 N–H and O–H groups in total. The van der Waals surface area contributed by atoms with Gasteiger partial charge >= 0.3 is 0 Å². The zero-order valence-corrected chi connectivity index (χ0v) is 10.8. The predicted octanol–water partition coefficient (Wildman–Crippen LogP) is 3.85. The van der Waals surface area contributed by atoms with Gasteiger partial charge in [0.2, 0.25) is 0 Å². The lowest BCUT2D eigenvalue weighted by molar-refractivity contribution is 0.618. The van der Waals surface area contributed by atoms with E-state index in [0.29, 0.717) is 16.6 Å². The van der Waals surface area contributed by atoms with E-state index in [2.05, 4.69) is 5.32 Å². The second-order valence-corrected chi connectivity index (χ2v) is 5.12. The van der Waals surface area contributed by atoms with Gasteiger partial charge in [0.1, 0.15) is 11.6 Å². The molecule has 0 unspecified atom stereocenters. The van der Waals surface area contributed by atoms with E-state index in [0.717, 1.165) is 23.3 Å². The third-order valence-corrected chi connectivity index (χ3v) is 4.00. The molecule has 0 amide bonds. The molecule has 1 aromatic carbocycles. The van der Waals surface area contributed by atoms with Crippen LogP contribution in [0.3, 0.4) is 0 Å². The Morgan fingerprint density at radius 1 is 1.24 bits per heavy atom. The van der Waals surface area contributed by atoms with E-state index in [1.807, 2.05) is 14.0 Å². The second kappa shape index (κ2) is 5.10. The normalized spacial score (nSPS) is 11.3. The van der Waals surface area contributed by atoms with Crippen LogP contribution in [0.5, 0.6) is 0 Å². The molecule has 0 spiro atoms. The highest BCUT2D eigenvalue weighted by Crippen LogP contribution is 2.35. The number of rotatable bonds is 4. The first-order valence-electron chi connectivity index (χ1n) is 5.71. The fourth-order valence-corrected chi connectivity index (χ4v) is 3.33. The molecule has 0 atom stereocenters. The van der Waals surface area contributed by atoms with Crippen LogP contribution in [0.2, 0.25) is 0 Å². The molecule has 0 fully saturated rings. The van der Waals surface area contributed by atoms with Gasteiger partial charge in [-0.15, -0.1) is 11.3 Å². The second-order valence-electron chi connectivity index (χ2n) is 4.02. The van der Waals surface area contributed by atoms with Crippen molar-refractivity contribution in [3.8, 4) is 0 Å². The van der Waals surface area contributed by atoms with E-state index in [9.17, 15) is 8.78 Å². The van der Waals surface area contributed by atoms with Gasteiger partial charge in [0, 0.05) is 16.8 Å². The summed E-state index contributed by atoms with van der Waals surface area (Å²) in [4.78, 5) is 1.04. The minimum atomic E-state index is -0.328. The Balaban J connectivity index is 2.70. The highest BCUT2D eigenvalue weighted by atomic mass is 32.1. The molecular weight excluding hydrogens is 240 g/mol. The lowest BCUT2D eigenvalue weighted by Crippen LogP contribution is -2.05. The van der Waals surface area contributed by atoms with Gasteiger partial charge in [0.05, 0.1) is 4.70 Å². The van der Waals surface area contributed by atoms with Crippen LogP contribution in [0, 0.1) is 11.6 Å². The van der Waals surface area contributed by atoms with Gasteiger partial charge in [-0.05, 0) is 31.2 Å². The standard InChI is InChI=1S/C13H15F2NS/c1-3-4-8-11(7-16-2)17-13-10(15)6-5-9(14)12(8)13/h5-6,16H,3-4,7H2,1-2H3. The SMILES string of the molecule is CCCc1c(CNC)sc2c(F)ccc(F)c12. The molecule has 17 heavy (non-hydrogen) atoms. The predicted molar refractivity (Wildman–Crippen MR) is 68.5 cm³/mol. The van der Waals surface area contributed by atoms with Crippen molar-refractivity contribution in [1.29, 1.82) is 0 Å². The van der Waals surface area contributed by atoms with E-state index >= 15 is 0 Å². The molecular formula is C13H15F2NS. The maximum atomic E-state index is 13.8. The number of fused-ring (bicyclic) bond motifs is 1. The molecule has 0 saturated heterocycles. The van der Waals surface area contributed by atoms with E-state index in [-0.39, 0.29) is 11.6 Å². The number of halogens is 2. The fraction of sp³-hybridized carbons (Fsp3) is 0.385. The highest BCUT2D eigenvalue weighted by Gasteiger charge is 2.17. The Hall–Kier alpha value is -1.00. The van der Waals surface area contributed by atoms with E-state index in [1.165, 1.54) is 23.5 Å². The van der Waals surface area contributed by atoms with Crippen molar-refractivity contribution in [2.45, 2.75) is 26.3 Å². The average molecular weight is 255 g/mol. The summed E-state index contributed by atoms with van der Waals surface area (Å²) in [6.45, 7) is 2.71. The summed E-state index contributed by atoms with van der Waals surface area (Å²) in [6, 6.07) is 2.42. The number of benzene rings is 1. The first kappa shape index (κ1) is 12.5. The Morgan fingerprint density at radius 3 is 2.59 bits per heavy atom. The van der Waals surface area contributed by atoms with Crippen LogP contribution < -0.4 is 5.32 Å². The molecule has 4 heteroatoms.